The number of benzene rings is 1. The predicted molar refractivity (Wildman–Crippen MR) is 60.5 cm³/mol. The van der Waals surface area contributed by atoms with Gasteiger partial charge in [-0.05, 0) is 24.4 Å². The molecule has 14 heavy (non-hydrogen) atoms. The molecular formula is C9H7NO2S2. The maximum Gasteiger partial charge on any atom is 0.273 e. The van der Waals surface area contributed by atoms with Crippen molar-refractivity contribution in [2.45, 2.75) is 11.1 Å². The average Bonchev–Trinajstić information content (AvgIpc) is 2.46. The molecule has 1 aromatic heterocycles. The number of aryl methyl sites for hydroxylation is 1. The number of rotatable bonds is 1. The molecule has 5 heteroatoms. The van der Waals surface area contributed by atoms with Crippen LogP contribution in [0.1, 0.15) is 5.56 Å². The number of nitro benzene ring substituents is 1. The fourth-order valence-electron chi connectivity index (χ4n) is 1.42. The smallest absolute Gasteiger partial charge is 0.258 e. The van der Waals surface area contributed by atoms with Crippen LogP contribution >= 0.6 is 24.0 Å². The van der Waals surface area contributed by atoms with Crippen LogP contribution in [0.15, 0.2) is 22.4 Å². The van der Waals surface area contributed by atoms with Crippen LogP contribution in [0.2, 0.25) is 0 Å². The van der Waals surface area contributed by atoms with E-state index in [1.54, 1.807) is 13.0 Å². The number of hydrogen-bond donors (Lipinski definition) is 1. The molecule has 0 aliphatic rings. The van der Waals surface area contributed by atoms with Gasteiger partial charge >= 0.3 is 0 Å². The van der Waals surface area contributed by atoms with Gasteiger partial charge in [-0.25, -0.2) is 0 Å². The highest BCUT2D eigenvalue weighted by molar-refractivity contribution is 7.83. The summed E-state index contributed by atoms with van der Waals surface area (Å²) in [6.45, 7) is 1.77. The van der Waals surface area contributed by atoms with Crippen molar-refractivity contribution < 1.29 is 4.92 Å². The van der Waals surface area contributed by atoms with Crippen LogP contribution < -0.4 is 0 Å². The van der Waals surface area contributed by atoms with Crippen molar-refractivity contribution in [3.05, 3.63) is 33.9 Å². The number of nitrogens with zero attached hydrogens (tertiary/aromatic N) is 1. The minimum absolute atomic E-state index is 0.174. The summed E-state index contributed by atoms with van der Waals surface area (Å²) in [5, 5.41) is 11.7. The molecule has 72 valence electrons. The lowest BCUT2D eigenvalue weighted by atomic mass is 10.1. The van der Waals surface area contributed by atoms with E-state index in [9.17, 15) is 10.1 Å². The zero-order valence-corrected chi connectivity index (χ0v) is 9.06. The second kappa shape index (κ2) is 3.25. The summed E-state index contributed by atoms with van der Waals surface area (Å²) in [5.41, 5.74) is 0.894. The summed E-state index contributed by atoms with van der Waals surface area (Å²) in [6, 6.07) is 5.22. The van der Waals surface area contributed by atoms with Gasteiger partial charge in [0.2, 0.25) is 0 Å². The Morgan fingerprint density at radius 3 is 2.86 bits per heavy atom. The first-order chi connectivity index (χ1) is 6.59. The summed E-state index contributed by atoms with van der Waals surface area (Å²) in [7, 11) is 0. The zero-order valence-electron chi connectivity index (χ0n) is 7.35. The van der Waals surface area contributed by atoms with Crippen molar-refractivity contribution in [3.8, 4) is 0 Å². The SMILES string of the molecule is Cc1c([N+](=O)[O-])ccc2cc(S)sc12. The molecular weight excluding hydrogens is 218 g/mol. The standard InChI is InChI=1S/C9H7NO2S2/c1-5-7(10(11)12)3-2-6-4-8(13)14-9(5)6/h2-4,13H,1H3. The van der Waals surface area contributed by atoms with E-state index in [1.165, 1.54) is 17.4 Å². The minimum atomic E-state index is -0.354. The van der Waals surface area contributed by atoms with Gasteiger partial charge in [0.15, 0.2) is 0 Å². The van der Waals surface area contributed by atoms with Gasteiger partial charge in [0.05, 0.1) is 9.13 Å². The van der Waals surface area contributed by atoms with Crippen molar-refractivity contribution in [1.82, 2.24) is 0 Å². The van der Waals surface area contributed by atoms with E-state index in [4.69, 9.17) is 0 Å². The third kappa shape index (κ3) is 1.38. The third-order valence-corrected chi connectivity index (χ3v) is 3.57. The first kappa shape index (κ1) is 9.48. The molecule has 0 N–H and O–H groups in total. The fourth-order valence-corrected chi connectivity index (χ4v) is 2.73. The van der Waals surface area contributed by atoms with E-state index in [0.29, 0.717) is 0 Å². The Hall–Kier alpha value is -1.07. The monoisotopic (exact) mass is 225 g/mol. The van der Waals surface area contributed by atoms with Gasteiger partial charge in [-0.1, -0.05) is 0 Å². The topological polar surface area (TPSA) is 43.1 Å². The number of fused-ring (bicyclic) bond motifs is 1. The van der Waals surface area contributed by atoms with E-state index in [-0.39, 0.29) is 10.6 Å². The second-order valence-corrected chi connectivity index (χ2v) is 4.81. The highest BCUT2D eigenvalue weighted by atomic mass is 32.2. The second-order valence-electron chi connectivity index (χ2n) is 2.97. The average molecular weight is 225 g/mol. The highest BCUT2D eigenvalue weighted by Crippen LogP contribution is 2.34. The van der Waals surface area contributed by atoms with Crippen LogP contribution in [-0.4, -0.2) is 4.92 Å². The Morgan fingerprint density at radius 1 is 1.50 bits per heavy atom. The number of thiophene rings is 1. The van der Waals surface area contributed by atoms with Gasteiger partial charge in [-0.15, -0.1) is 24.0 Å². The molecule has 0 amide bonds. The molecule has 3 nitrogen and oxygen atoms in total. The van der Waals surface area contributed by atoms with Crippen molar-refractivity contribution in [2.24, 2.45) is 0 Å². The highest BCUT2D eigenvalue weighted by Gasteiger charge is 2.14. The quantitative estimate of drug-likeness (QED) is 0.459. The molecule has 2 rings (SSSR count). The lowest BCUT2D eigenvalue weighted by molar-refractivity contribution is -0.385. The predicted octanol–water partition coefficient (Wildman–Crippen LogP) is 3.41. The van der Waals surface area contributed by atoms with Crippen LogP contribution in [0.25, 0.3) is 10.1 Å². The van der Waals surface area contributed by atoms with E-state index in [2.05, 4.69) is 12.6 Å². The minimum Gasteiger partial charge on any atom is -0.258 e. The molecule has 1 aromatic carbocycles. The fraction of sp³-hybridized carbons (Fsp3) is 0.111. The summed E-state index contributed by atoms with van der Waals surface area (Å²) < 4.78 is 1.83. The Bertz CT molecular complexity index is 519. The number of hydrogen-bond acceptors (Lipinski definition) is 4. The van der Waals surface area contributed by atoms with Crippen LogP contribution in [0, 0.1) is 17.0 Å². The molecule has 0 saturated carbocycles. The molecule has 2 aromatic rings. The summed E-state index contributed by atoms with van der Waals surface area (Å²) in [5.74, 6) is 0. The van der Waals surface area contributed by atoms with Gasteiger partial charge in [0.1, 0.15) is 0 Å². The van der Waals surface area contributed by atoms with Gasteiger partial charge in [-0.3, -0.25) is 10.1 Å². The zero-order chi connectivity index (χ0) is 10.3. The third-order valence-electron chi connectivity index (χ3n) is 2.09. The van der Waals surface area contributed by atoms with E-state index >= 15 is 0 Å². The van der Waals surface area contributed by atoms with Gasteiger partial charge in [0.25, 0.3) is 5.69 Å². The number of thiol groups is 1. The normalized spacial score (nSPS) is 10.7. The van der Waals surface area contributed by atoms with Crippen LogP contribution in [0.3, 0.4) is 0 Å². The number of nitro groups is 1. The molecule has 0 unspecified atom stereocenters. The molecule has 0 aliphatic carbocycles. The Morgan fingerprint density at radius 2 is 2.21 bits per heavy atom. The van der Waals surface area contributed by atoms with E-state index < -0.39 is 0 Å². The molecule has 0 bridgehead atoms. The summed E-state index contributed by atoms with van der Waals surface area (Å²) >= 11 is 5.69. The van der Waals surface area contributed by atoms with Gasteiger partial charge in [0, 0.05) is 16.3 Å². The first-order valence-electron chi connectivity index (χ1n) is 3.96. The van der Waals surface area contributed by atoms with Crippen LogP contribution in [-0.2, 0) is 0 Å². The molecule has 0 saturated heterocycles. The lowest BCUT2D eigenvalue weighted by Crippen LogP contribution is -1.90. The lowest BCUT2D eigenvalue weighted by Gasteiger charge is -1.97. The van der Waals surface area contributed by atoms with Gasteiger partial charge in [-0.2, -0.15) is 0 Å². The maximum absolute atomic E-state index is 10.7. The Labute approximate surface area is 89.9 Å². The summed E-state index contributed by atoms with van der Waals surface area (Å²) in [6.07, 6.45) is 0. The Kier molecular flexibility index (Phi) is 2.20. The van der Waals surface area contributed by atoms with Gasteiger partial charge < -0.3 is 0 Å². The molecule has 0 aliphatic heterocycles. The van der Waals surface area contributed by atoms with Crippen molar-refractivity contribution in [3.63, 3.8) is 0 Å². The van der Waals surface area contributed by atoms with Crippen molar-refractivity contribution in [1.29, 1.82) is 0 Å². The first-order valence-corrected chi connectivity index (χ1v) is 5.22. The molecule has 1 heterocycles. The van der Waals surface area contributed by atoms with Crippen LogP contribution in [0.5, 0.6) is 0 Å². The summed E-state index contributed by atoms with van der Waals surface area (Å²) in [4.78, 5) is 10.3. The molecule has 0 fully saturated rings. The largest absolute Gasteiger partial charge is 0.273 e. The van der Waals surface area contributed by atoms with E-state index in [1.807, 2.05) is 6.07 Å². The molecule has 0 atom stereocenters. The van der Waals surface area contributed by atoms with Crippen molar-refractivity contribution in [2.75, 3.05) is 0 Å². The van der Waals surface area contributed by atoms with Crippen molar-refractivity contribution >= 4 is 39.7 Å². The Balaban J connectivity index is 2.80. The van der Waals surface area contributed by atoms with E-state index in [0.717, 1.165) is 19.9 Å². The maximum atomic E-state index is 10.7. The molecule has 0 spiro atoms. The molecule has 0 radical (unpaired) electrons. The van der Waals surface area contributed by atoms with Crippen LogP contribution in [0.4, 0.5) is 5.69 Å².